The molecule has 1 saturated heterocycles. The summed E-state index contributed by atoms with van der Waals surface area (Å²) in [6, 6.07) is 16.3. The zero-order chi connectivity index (χ0) is 23.7. The van der Waals surface area contributed by atoms with Crippen LogP contribution in [0.3, 0.4) is 0 Å². The Morgan fingerprint density at radius 3 is 2.44 bits per heavy atom. The third kappa shape index (κ3) is 4.21. The van der Waals surface area contributed by atoms with Gasteiger partial charge in [-0.25, -0.2) is 4.68 Å². The summed E-state index contributed by atoms with van der Waals surface area (Å²) in [5, 5.41) is 11.8. The van der Waals surface area contributed by atoms with E-state index in [1.54, 1.807) is 14.2 Å². The summed E-state index contributed by atoms with van der Waals surface area (Å²) in [5.74, 6) is 2.52. The van der Waals surface area contributed by atoms with E-state index in [2.05, 4.69) is 29.7 Å². The normalized spacial score (nSPS) is 19.8. The van der Waals surface area contributed by atoms with Crippen LogP contribution in [-0.2, 0) is 0 Å². The average Bonchev–Trinajstić information content (AvgIpc) is 3.33. The Labute approximate surface area is 199 Å². The second-order valence-corrected chi connectivity index (χ2v) is 8.88. The highest BCUT2D eigenvalue weighted by Crippen LogP contribution is 2.39. The maximum absolute atomic E-state index is 12.8. The van der Waals surface area contributed by atoms with Crippen molar-refractivity contribution < 1.29 is 14.3 Å². The van der Waals surface area contributed by atoms with Crippen LogP contribution < -0.4 is 20.1 Å². The minimum Gasteiger partial charge on any atom is -0.493 e. The quantitative estimate of drug-likeness (QED) is 0.603. The number of anilines is 1. The van der Waals surface area contributed by atoms with E-state index in [0.29, 0.717) is 0 Å². The second-order valence-electron chi connectivity index (χ2n) is 8.88. The number of nitrogens with one attached hydrogen (secondary N) is 2. The number of amides is 1. The maximum atomic E-state index is 12.8. The lowest BCUT2D eigenvalue weighted by atomic mass is 9.97. The van der Waals surface area contributed by atoms with Crippen LogP contribution in [0, 0.1) is 0 Å². The highest BCUT2D eigenvalue weighted by molar-refractivity contribution is 5.94. The van der Waals surface area contributed by atoms with Crippen LogP contribution in [-0.4, -0.2) is 61.0 Å². The van der Waals surface area contributed by atoms with Gasteiger partial charge in [-0.3, -0.25) is 4.79 Å². The number of hydrogen-bond donors (Lipinski definition) is 2. The second kappa shape index (κ2) is 9.38. The molecule has 0 aliphatic carbocycles. The van der Waals surface area contributed by atoms with E-state index in [4.69, 9.17) is 14.6 Å². The molecule has 2 atom stereocenters. The lowest BCUT2D eigenvalue weighted by molar-refractivity contribution is 0.0736. The summed E-state index contributed by atoms with van der Waals surface area (Å²) in [5.41, 5.74) is 3.75. The number of carbonyl (C=O) groups excluding carboxylic acids is 1. The number of methoxy groups -OCH3 is 2. The van der Waals surface area contributed by atoms with Crippen LogP contribution in [0.25, 0.3) is 11.3 Å². The summed E-state index contributed by atoms with van der Waals surface area (Å²) in [6.45, 7) is 5.38. The molecule has 2 aliphatic rings. The number of ether oxygens (including phenoxy) is 2. The van der Waals surface area contributed by atoms with Crippen molar-refractivity contribution in [1.29, 1.82) is 0 Å². The van der Waals surface area contributed by atoms with Crippen LogP contribution in [0.5, 0.6) is 11.5 Å². The number of hydrogen-bond acceptors (Lipinski definition) is 6. The Balaban J connectivity index is 1.35. The van der Waals surface area contributed by atoms with E-state index >= 15 is 0 Å². The predicted octanol–water partition coefficient (Wildman–Crippen LogP) is 3.73. The Kier molecular flexibility index (Phi) is 6.15. The van der Waals surface area contributed by atoms with E-state index in [9.17, 15) is 4.79 Å². The minimum absolute atomic E-state index is 0.0882. The molecule has 178 valence electrons. The Morgan fingerprint density at radius 1 is 1.00 bits per heavy atom. The first-order chi connectivity index (χ1) is 16.6. The molecular formula is C26H31N5O3. The maximum Gasteiger partial charge on any atom is 0.253 e. The number of carbonyl (C=O) groups is 1. The largest absolute Gasteiger partial charge is 0.493 e. The van der Waals surface area contributed by atoms with Gasteiger partial charge in [0.05, 0.1) is 32.0 Å². The lowest BCUT2D eigenvalue weighted by Gasteiger charge is -2.30. The van der Waals surface area contributed by atoms with E-state index in [-0.39, 0.29) is 18.0 Å². The van der Waals surface area contributed by atoms with Gasteiger partial charge in [0.25, 0.3) is 5.91 Å². The SMILES string of the molecule is COc1ccc([C@H]2C[C@@H](C)n3nc(-c4ccc(C(=O)N5CCNCC5)cc4)cc3N2)cc1OC. The highest BCUT2D eigenvalue weighted by atomic mass is 16.5. The first-order valence-electron chi connectivity index (χ1n) is 11.8. The molecule has 34 heavy (non-hydrogen) atoms. The topological polar surface area (TPSA) is 80.7 Å². The molecule has 1 amide bonds. The molecule has 8 nitrogen and oxygen atoms in total. The Morgan fingerprint density at radius 2 is 1.74 bits per heavy atom. The van der Waals surface area contributed by atoms with Gasteiger partial charge in [0.15, 0.2) is 11.5 Å². The smallest absolute Gasteiger partial charge is 0.253 e. The first-order valence-corrected chi connectivity index (χ1v) is 11.8. The number of fused-ring (bicyclic) bond motifs is 1. The molecule has 0 radical (unpaired) electrons. The van der Waals surface area contributed by atoms with Crippen LogP contribution in [0.2, 0.25) is 0 Å². The summed E-state index contributed by atoms with van der Waals surface area (Å²) in [6.07, 6.45) is 0.904. The molecule has 2 aromatic carbocycles. The molecule has 0 bridgehead atoms. The van der Waals surface area contributed by atoms with Crippen LogP contribution in [0.15, 0.2) is 48.5 Å². The molecule has 0 spiro atoms. The van der Waals surface area contributed by atoms with Crippen molar-refractivity contribution in [2.75, 3.05) is 45.7 Å². The van der Waals surface area contributed by atoms with Crippen molar-refractivity contribution in [3.8, 4) is 22.8 Å². The van der Waals surface area contributed by atoms with Crippen molar-refractivity contribution in [2.24, 2.45) is 0 Å². The van der Waals surface area contributed by atoms with Crippen molar-refractivity contribution in [2.45, 2.75) is 25.4 Å². The fourth-order valence-electron chi connectivity index (χ4n) is 4.78. The highest BCUT2D eigenvalue weighted by Gasteiger charge is 2.27. The number of rotatable bonds is 5. The zero-order valence-electron chi connectivity index (χ0n) is 19.9. The van der Waals surface area contributed by atoms with E-state index in [1.807, 2.05) is 46.0 Å². The molecule has 8 heteroatoms. The van der Waals surface area contributed by atoms with Crippen molar-refractivity contribution in [1.82, 2.24) is 20.0 Å². The van der Waals surface area contributed by atoms with Crippen LogP contribution in [0.1, 0.15) is 41.3 Å². The van der Waals surface area contributed by atoms with E-state index in [1.165, 1.54) is 0 Å². The molecule has 3 aromatic rings. The average molecular weight is 462 g/mol. The first kappa shape index (κ1) is 22.3. The molecule has 0 unspecified atom stereocenters. The molecule has 5 rings (SSSR count). The van der Waals surface area contributed by atoms with Gasteiger partial charge in [-0.1, -0.05) is 18.2 Å². The van der Waals surface area contributed by atoms with Crippen molar-refractivity contribution in [3.05, 3.63) is 59.7 Å². The fourth-order valence-corrected chi connectivity index (χ4v) is 4.78. The number of nitrogens with zero attached hydrogens (tertiary/aromatic N) is 3. The monoisotopic (exact) mass is 461 g/mol. The summed E-state index contributed by atoms with van der Waals surface area (Å²) < 4.78 is 12.9. The van der Waals surface area contributed by atoms with Crippen molar-refractivity contribution >= 4 is 11.7 Å². The van der Waals surface area contributed by atoms with Gasteiger partial charge in [0.1, 0.15) is 5.82 Å². The standard InChI is InChI=1S/C26H31N5O3/c1-17-14-21(20-8-9-23(33-2)24(15-20)34-3)28-25-16-22(29-31(17)25)18-4-6-19(7-5-18)26(32)30-12-10-27-11-13-30/h4-9,15-17,21,27-28H,10-14H2,1-3H3/t17-,21-/m1/s1. The molecular weight excluding hydrogens is 430 g/mol. The van der Waals surface area contributed by atoms with Gasteiger partial charge in [0, 0.05) is 43.4 Å². The third-order valence-electron chi connectivity index (χ3n) is 6.69. The minimum atomic E-state index is 0.0882. The number of piperazine rings is 1. The number of benzene rings is 2. The van der Waals surface area contributed by atoms with Gasteiger partial charge in [-0.05, 0) is 43.2 Å². The predicted molar refractivity (Wildman–Crippen MR) is 132 cm³/mol. The van der Waals surface area contributed by atoms with Crippen LogP contribution in [0.4, 0.5) is 5.82 Å². The van der Waals surface area contributed by atoms with Crippen molar-refractivity contribution in [3.63, 3.8) is 0 Å². The van der Waals surface area contributed by atoms with Gasteiger partial charge in [0.2, 0.25) is 0 Å². The fraction of sp³-hybridized carbons (Fsp3) is 0.385. The lowest BCUT2D eigenvalue weighted by Crippen LogP contribution is -2.46. The molecule has 3 heterocycles. The summed E-state index contributed by atoms with van der Waals surface area (Å²) >= 11 is 0. The Bertz CT molecular complexity index is 1170. The van der Waals surface area contributed by atoms with Gasteiger partial charge < -0.3 is 25.0 Å². The Hall–Kier alpha value is -3.52. The third-order valence-corrected chi connectivity index (χ3v) is 6.69. The summed E-state index contributed by atoms with van der Waals surface area (Å²) in [4.78, 5) is 14.7. The molecule has 0 saturated carbocycles. The molecule has 1 aromatic heterocycles. The van der Waals surface area contributed by atoms with E-state index < -0.39 is 0 Å². The molecule has 2 N–H and O–H groups in total. The van der Waals surface area contributed by atoms with Gasteiger partial charge in [-0.15, -0.1) is 0 Å². The number of aromatic nitrogens is 2. The zero-order valence-corrected chi connectivity index (χ0v) is 19.9. The van der Waals surface area contributed by atoms with E-state index in [0.717, 1.165) is 72.3 Å². The molecule has 2 aliphatic heterocycles. The van der Waals surface area contributed by atoms with Gasteiger partial charge in [-0.2, -0.15) is 5.10 Å². The van der Waals surface area contributed by atoms with Gasteiger partial charge >= 0.3 is 0 Å². The van der Waals surface area contributed by atoms with Crippen LogP contribution >= 0.6 is 0 Å². The molecule has 1 fully saturated rings. The summed E-state index contributed by atoms with van der Waals surface area (Å²) in [7, 11) is 3.30.